The second-order valence-electron chi connectivity index (χ2n) is 8.11. The molecule has 4 aromatic rings. The van der Waals surface area contributed by atoms with E-state index in [1.165, 1.54) is 11.1 Å². The fraction of sp³-hybridized carbons (Fsp3) is 0.192. The second-order valence-corrected chi connectivity index (χ2v) is 8.92. The van der Waals surface area contributed by atoms with Crippen LogP contribution >= 0.6 is 23.2 Å². The van der Waals surface area contributed by atoms with Gasteiger partial charge in [-0.15, -0.1) is 0 Å². The van der Waals surface area contributed by atoms with Gasteiger partial charge >= 0.3 is 24.3 Å². The first kappa shape index (κ1) is 34.2. The SMILES string of the molecule is Clc1ccc(CCNCc2ccc(Oc3ccc4[nH]cnc4c3)cc2)cc1Cl.O=C(O)C(F)(F)F.O=C(O)C(F)(F)F. The van der Waals surface area contributed by atoms with Crippen molar-refractivity contribution in [3.63, 3.8) is 0 Å². The molecule has 16 heteroatoms. The van der Waals surface area contributed by atoms with Crippen LogP contribution in [0.25, 0.3) is 11.0 Å². The van der Waals surface area contributed by atoms with Crippen molar-refractivity contribution < 1.29 is 50.9 Å². The number of aromatic nitrogens is 2. The zero-order valence-corrected chi connectivity index (χ0v) is 22.6. The lowest BCUT2D eigenvalue weighted by Crippen LogP contribution is -2.21. The van der Waals surface area contributed by atoms with Gasteiger partial charge in [0.15, 0.2) is 0 Å². The van der Waals surface area contributed by atoms with Crippen molar-refractivity contribution in [2.24, 2.45) is 0 Å². The van der Waals surface area contributed by atoms with E-state index in [9.17, 15) is 26.3 Å². The number of benzene rings is 3. The van der Waals surface area contributed by atoms with Crippen LogP contribution in [-0.2, 0) is 22.6 Å². The Kier molecular flexibility index (Phi) is 12.4. The topological polar surface area (TPSA) is 125 Å². The Balaban J connectivity index is 0.000000367. The molecule has 0 aliphatic carbocycles. The van der Waals surface area contributed by atoms with Crippen molar-refractivity contribution in [2.75, 3.05) is 6.54 Å². The smallest absolute Gasteiger partial charge is 0.475 e. The van der Waals surface area contributed by atoms with Crippen molar-refractivity contribution in [1.29, 1.82) is 0 Å². The number of carboxylic acid groups (broad SMARTS) is 2. The fourth-order valence-corrected chi connectivity index (χ4v) is 3.27. The van der Waals surface area contributed by atoms with Crippen LogP contribution in [0, 0.1) is 0 Å². The highest BCUT2D eigenvalue weighted by Gasteiger charge is 2.38. The van der Waals surface area contributed by atoms with Gasteiger partial charge in [-0.2, -0.15) is 26.3 Å². The largest absolute Gasteiger partial charge is 0.490 e. The number of H-pyrrole nitrogens is 1. The normalized spacial score (nSPS) is 11.1. The second kappa shape index (κ2) is 15.3. The number of hydrogen-bond acceptors (Lipinski definition) is 5. The van der Waals surface area contributed by atoms with Gasteiger partial charge in [0.1, 0.15) is 11.5 Å². The van der Waals surface area contributed by atoms with Crippen molar-refractivity contribution in [3.8, 4) is 11.5 Å². The van der Waals surface area contributed by atoms with E-state index in [4.69, 9.17) is 47.7 Å². The highest BCUT2D eigenvalue weighted by Crippen LogP contribution is 2.25. The third-order valence-corrected chi connectivity index (χ3v) is 5.68. The molecular formula is C26H21Cl2F6N3O5. The van der Waals surface area contributed by atoms with Crippen molar-refractivity contribution in [2.45, 2.75) is 25.3 Å². The molecule has 4 N–H and O–H groups in total. The predicted octanol–water partition coefficient (Wildman–Crippen LogP) is 7.26. The lowest BCUT2D eigenvalue weighted by Gasteiger charge is -2.08. The Morgan fingerprint density at radius 1 is 0.810 bits per heavy atom. The van der Waals surface area contributed by atoms with Crippen molar-refractivity contribution in [1.82, 2.24) is 15.3 Å². The summed E-state index contributed by atoms with van der Waals surface area (Å²) in [7, 11) is 0. The summed E-state index contributed by atoms with van der Waals surface area (Å²) in [6, 6.07) is 19.6. The molecule has 0 bridgehead atoms. The van der Waals surface area contributed by atoms with Gasteiger partial charge in [-0.3, -0.25) is 0 Å². The first-order chi connectivity index (χ1) is 19.6. The molecule has 4 rings (SSSR count). The molecule has 8 nitrogen and oxygen atoms in total. The van der Waals surface area contributed by atoms with Crippen molar-refractivity contribution in [3.05, 3.63) is 88.2 Å². The van der Waals surface area contributed by atoms with E-state index in [2.05, 4.69) is 27.4 Å². The monoisotopic (exact) mass is 639 g/mol. The van der Waals surface area contributed by atoms with Gasteiger partial charge in [0, 0.05) is 12.6 Å². The minimum atomic E-state index is -5.08. The number of fused-ring (bicyclic) bond motifs is 1. The lowest BCUT2D eigenvalue weighted by atomic mass is 10.1. The number of ether oxygens (including phenoxy) is 1. The van der Waals surface area contributed by atoms with Gasteiger partial charge in [0.05, 0.1) is 27.4 Å². The Bertz CT molecular complexity index is 1450. The van der Waals surface area contributed by atoms with Crippen LogP contribution in [-0.4, -0.2) is 51.0 Å². The standard InChI is InChI=1S/C22H19Cl2N3O.2C2HF3O2/c23-19-7-3-15(11-20(19)24)9-10-25-13-16-1-4-17(5-2-16)28-18-6-8-21-22(12-18)27-14-26-21;2*3-2(4,5)1(6)7/h1-8,11-12,14,25H,9-10,13H2,(H,26,27);2*(H,6,7). The summed E-state index contributed by atoms with van der Waals surface area (Å²) in [6.07, 6.45) is -7.59. The number of aliphatic carboxylic acids is 2. The number of carbonyl (C=O) groups is 2. The molecule has 0 saturated carbocycles. The van der Waals surface area contributed by atoms with Gasteiger partial charge in [0.2, 0.25) is 0 Å². The molecule has 0 aliphatic rings. The maximum atomic E-state index is 10.6. The van der Waals surface area contributed by atoms with E-state index < -0.39 is 24.3 Å². The molecule has 0 atom stereocenters. The van der Waals surface area contributed by atoms with E-state index >= 15 is 0 Å². The van der Waals surface area contributed by atoms with Crippen LogP contribution in [0.15, 0.2) is 67.0 Å². The van der Waals surface area contributed by atoms with Crippen LogP contribution in [0.2, 0.25) is 10.0 Å². The Hall–Kier alpha value is -4.01. The quantitative estimate of drug-likeness (QED) is 0.124. The molecule has 0 saturated heterocycles. The zero-order chi connectivity index (χ0) is 31.5. The first-order valence-corrected chi connectivity index (χ1v) is 12.3. The molecule has 0 radical (unpaired) electrons. The van der Waals surface area contributed by atoms with Gasteiger partial charge < -0.3 is 25.3 Å². The molecule has 42 heavy (non-hydrogen) atoms. The van der Waals surface area contributed by atoms with Crippen LogP contribution in [0.5, 0.6) is 11.5 Å². The van der Waals surface area contributed by atoms with E-state index in [0.717, 1.165) is 42.0 Å². The highest BCUT2D eigenvalue weighted by molar-refractivity contribution is 6.42. The zero-order valence-electron chi connectivity index (χ0n) is 21.1. The third-order valence-electron chi connectivity index (χ3n) is 4.94. The number of carboxylic acids is 2. The lowest BCUT2D eigenvalue weighted by molar-refractivity contribution is -0.193. The number of alkyl halides is 6. The minimum absolute atomic E-state index is 0.588. The van der Waals surface area contributed by atoms with Crippen LogP contribution in [0.1, 0.15) is 11.1 Å². The van der Waals surface area contributed by atoms with E-state index in [0.29, 0.717) is 10.0 Å². The summed E-state index contributed by atoms with van der Waals surface area (Å²) >= 11 is 12.0. The number of nitrogens with one attached hydrogen (secondary N) is 2. The van der Waals surface area contributed by atoms with E-state index in [1.807, 2.05) is 48.5 Å². The molecule has 0 unspecified atom stereocenters. The number of imidazole rings is 1. The molecule has 0 aliphatic heterocycles. The Morgan fingerprint density at radius 2 is 1.36 bits per heavy atom. The maximum absolute atomic E-state index is 10.6. The third kappa shape index (κ3) is 11.8. The fourth-order valence-electron chi connectivity index (χ4n) is 2.95. The van der Waals surface area contributed by atoms with Gasteiger partial charge in [0.25, 0.3) is 0 Å². The Morgan fingerprint density at radius 3 is 1.90 bits per heavy atom. The molecule has 0 spiro atoms. The molecule has 3 aromatic carbocycles. The molecule has 1 aromatic heterocycles. The van der Waals surface area contributed by atoms with Gasteiger partial charge in [-0.1, -0.05) is 41.4 Å². The molecule has 0 amide bonds. The number of aromatic amines is 1. The van der Waals surface area contributed by atoms with Crippen molar-refractivity contribution >= 4 is 46.2 Å². The minimum Gasteiger partial charge on any atom is -0.475 e. The molecular weight excluding hydrogens is 619 g/mol. The summed E-state index contributed by atoms with van der Waals surface area (Å²) < 4.78 is 69.4. The summed E-state index contributed by atoms with van der Waals surface area (Å²) in [4.78, 5) is 25.1. The molecule has 0 fully saturated rings. The van der Waals surface area contributed by atoms with Crippen LogP contribution < -0.4 is 10.1 Å². The average Bonchev–Trinajstić information content (AvgIpc) is 3.37. The van der Waals surface area contributed by atoms with E-state index in [1.54, 1.807) is 6.33 Å². The Labute approximate surface area is 243 Å². The first-order valence-electron chi connectivity index (χ1n) is 11.5. The average molecular weight is 640 g/mol. The van der Waals surface area contributed by atoms with Crippen LogP contribution in [0.4, 0.5) is 26.3 Å². The highest BCUT2D eigenvalue weighted by atomic mass is 35.5. The van der Waals surface area contributed by atoms with Crippen LogP contribution in [0.3, 0.4) is 0 Å². The van der Waals surface area contributed by atoms with Gasteiger partial charge in [-0.25, -0.2) is 14.6 Å². The number of nitrogens with zero attached hydrogens (tertiary/aromatic N) is 1. The summed E-state index contributed by atoms with van der Waals surface area (Å²) in [5, 5.41) is 18.9. The summed E-state index contributed by atoms with van der Waals surface area (Å²) in [5.74, 6) is -3.94. The summed E-state index contributed by atoms with van der Waals surface area (Å²) in [6.45, 7) is 1.65. The number of rotatable bonds is 7. The maximum Gasteiger partial charge on any atom is 0.490 e. The molecule has 226 valence electrons. The summed E-state index contributed by atoms with van der Waals surface area (Å²) in [5.41, 5.74) is 4.25. The predicted molar refractivity (Wildman–Crippen MR) is 142 cm³/mol. The number of hydrogen-bond donors (Lipinski definition) is 4. The van der Waals surface area contributed by atoms with Gasteiger partial charge in [-0.05, 0) is 60.5 Å². The number of halogens is 8. The van der Waals surface area contributed by atoms with E-state index in [-0.39, 0.29) is 0 Å². The molecule has 1 heterocycles.